The first kappa shape index (κ1) is 15.7. The smallest absolute Gasteiger partial charge is 0.228 e. The molecule has 1 aliphatic heterocycles. The standard InChI is InChI=1S/C18H16ClN5O/c19-15-10-21-18-23-14-6-2-4-12(8-14)17(25)20-9-11-3-1-5-13(7-11)22-16(15)24-18/h1-7,10,12H,8-9H2,(H,20,25)(H2,21,22,23,24). The molecule has 2 aliphatic rings. The molecule has 2 heterocycles. The summed E-state index contributed by atoms with van der Waals surface area (Å²) in [5, 5.41) is 9.80. The number of amides is 1. The van der Waals surface area contributed by atoms with Crippen molar-refractivity contribution in [3.63, 3.8) is 0 Å². The summed E-state index contributed by atoms with van der Waals surface area (Å²) in [6.45, 7) is 0.466. The number of nitrogens with one attached hydrogen (secondary N) is 3. The van der Waals surface area contributed by atoms with Gasteiger partial charge in [-0.1, -0.05) is 35.9 Å². The third kappa shape index (κ3) is 3.49. The average molecular weight is 354 g/mol. The van der Waals surface area contributed by atoms with Crippen LogP contribution in [0.25, 0.3) is 0 Å². The maximum atomic E-state index is 12.4. The van der Waals surface area contributed by atoms with E-state index in [1.807, 2.05) is 42.5 Å². The SMILES string of the molecule is O=C1NCc2cccc(c2)Nc2nc(ncc2Cl)NC2=CC=CC1C2. The van der Waals surface area contributed by atoms with Crippen LogP contribution in [0.3, 0.4) is 0 Å². The van der Waals surface area contributed by atoms with E-state index in [1.165, 1.54) is 0 Å². The number of anilines is 3. The second kappa shape index (κ2) is 6.57. The Hall–Kier alpha value is -2.86. The highest BCUT2D eigenvalue weighted by atomic mass is 35.5. The van der Waals surface area contributed by atoms with Gasteiger partial charge in [0.25, 0.3) is 0 Å². The first-order valence-corrected chi connectivity index (χ1v) is 8.36. The van der Waals surface area contributed by atoms with Gasteiger partial charge in [0.15, 0.2) is 5.82 Å². The summed E-state index contributed by atoms with van der Waals surface area (Å²) in [4.78, 5) is 21.1. The van der Waals surface area contributed by atoms with Crippen molar-refractivity contribution in [2.45, 2.75) is 13.0 Å². The molecular formula is C18H16ClN5O. The van der Waals surface area contributed by atoms with Gasteiger partial charge >= 0.3 is 0 Å². The molecule has 1 amide bonds. The summed E-state index contributed by atoms with van der Waals surface area (Å²) in [5.41, 5.74) is 2.72. The molecule has 4 rings (SSSR count). The van der Waals surface area contributed by atoms with Crippen LogP contribution >= 0.6 is 11.6 Å². The topological polar surface area (TPSA) is 78.9 Å². The van der Waals surface area contributed by atoms with Crippen molar-refractivity contribution < 1.29 is 4.79 Å². The summed E-state index contributed by atoms with van der Waals surface area (Å²) < 4.78 is 0. The Morgan fingerprint density at radius 3 is 3.08 bits per heavy atom. The molecule has 1 aromatic heterocycles. The molecule has 1 aromatic carbocycles. The highest BCUT2D eigenvalue weighted by Gasteiger charge is 2.20. The van der Waals surface area contributed by atoms with Crippen LogP contribution in [0.15, 0.2) is 54.4 Å². The predicted molar refractivity (Wildman–Crippen MR) is 97.6 cm³/mol. The van der Waals surface area contributed by atoms with Crippen molar-refractivity contribution >= 4 is 35.0 Å². The van der Waals surface area contributed by atoms with Crippen LogP contribution < -0.4 is 16.0 Å². The summed E-state index contributed by atoms with van der Waals surface area (Å²) in [6, 6.07) is 7.77. The Kier molecular flexibility index (Phi) is 4.11. The van der Waals surface area contributed by atoms with E-state index in [9.17, 15) is 4.79 Å². The van der Waals surface area contributed by atoms with Crippen LogP contribution in [0.5, 0.6) is 0 Å². The summed E-state index contributed by atoms with van der Waals surface area (Å²) in [7, 11) is 0. The number of rotatable bonds is 0. The normalized spacial score (nSPS) is 19.0. The fourth-order valence-corrected chi connectivity index (χ4v) is 2.96. The van der Waals surface area contributed by atoms with Crippen molar-refractivity contribution in [2.24, 2.45) is 5.92 Å². The fraction of sp³-hybridized carbons (Fsp3) is 0.167. The van der Waals surface area contributed by atoms with Crippen molar-refractivity contribution in [1.82, 2.24) is 15.3 Å². The van der Waals surface area contributed by atoms with Crippen LogP contribution in [0.1, 0.15) is 12.0 Å². The van der Waals surface area contributed by atoms with Crippen LogP contribution in [0.2, 0.25) is 5.02 Å². The molecule has 0 saturated heterocycles. The molecule has 126 valence electrons. The molecule has 0 spiro atoms. The minimum Gasteiger partial charge on any atom is -0.352 e. The zero-order chi connectivity index (χ0) is 17.2. The highest BCUT2D eigenvalue weighted by Crippen LogP contribution is 2.26. The quantitative estimate of drug-likeness (QED) is 0.676. The monoisotopic (exact) mass is 353 g/mol. The molecule has 25 heavy (non-hydrogen) atoms. The number of carbonyl (C=O) groups excluding carboxylic acids is 1. The minimum absolute atomic E-state index is 0.00298. The Balaban J connectivity index is 1.74. The molecule has 6 nitrogen and oxygen atoms in total. The Morgan fingerprint density at radius 2 is 2.16 bits per heavy atom. The van der Waals surface area contributed by atoms with E-state index in [0.717, 1.165) is 16.9 Å². The van der Waals surface area contributed by atoms with E-state index in [2.05, 4.69) is 25.9 Å². The number of allylic oxidation sites excluding steroid dienone is 3. The zero-order valence-electron chi connectivity index (χ0n) is 13.3. The summed E-state index contributed by atoms with van der Waals surface area (Å²) in [5.74, 6) is 0.738. The van der Waals surface area contributed by atoms with Gasteiger partial charge in [0.05, 0.1) is 12.1 Å². The largest absolute Gasteiger partial charge is 0.352 e. The summed E-state index contributed by atoms with van der Waals surface area (Å²) >= 11 is 6.22. The number of benzene rings is 1. The van der Waals surface area contributed by atoms with Gasteiger partial charge in [0.2, 0.25) is 11.9 Å². The third-order valence-corrected chi connectivity index (χ3v) is 4.37. The number of aromatic nitrogens is 2. The number of carbonyl (C=O) groups is 1. The van der Waals surface area contributed by atoms with E-state index in [0.29, 0.717) is 29.8 Å². The number of hydrogen-bond donors (Lipinski definition) is 3. The lowest BCUT2D eigenvalue weighted by Gasteiger charge is -2.20. The van der Waals surface area contributed by atoms with E-state index >= 15 is 0 Å². The molecule has 7 heteroatoms. The molecule has 1 aliphatic carbocycles. The zero-order valence-corrected chi connectivity index (χ0v) is 14.0. The van der Waals surface area contributed by atoms with Gasteiger partial charge < -0.3 is 16.0 Å². The molecule has 0 saturated carbocycles. The maximum Gasteiger partial charge on any atom is 0.228 e. The van der Waals surface area contributed by atoms with E-state index < -0.39 is 0 Å². The fourth-order valence-electron chi connectivity index (χ4n) is 2.83. The minimum atomic E-state index is -0.219. The van der Waals surface area contributed by atoms with Crippen molar-refractivity contribution in [3.8, 4) is 0 Å². The van der Waals surface area contributed by atoms with Gasteiger partial charge in [-0.25, -0.2) is 4.98 Å². The van der Waals surface area contributed by atoms with E-state index in [4.69, 9.17) is 11.6 Å². The first-order valence-electron chi connectivity index (χ1n) is 7.98. The Labute approximate surface area is 150 Å². The van der Waals surface area contributed by atoms with Gasteiger partial charge in [-0.2, -0.15) is 4.98 Å². The average Bonchev–Trinajstić information content (AvgIpc) is 2.62. The Bertz CT molecular complexity index is 893. The number of nitrogens with zero attached hydrogens (tertiary/aromatic N) is 2. The summed E-state index contributed by atoms with van der Waals surface area (Å²) in [6.07, 6.45) is 7.81. The Morgan fingerprint density at radius 1 is 1.24 bits per heavy atom. The van der Waals surface area contributed by atoms with Gasteiger partial charge in [0.1, 0.15) is 5.02 Å². The molecule has 1 unspecified atom stereocenters. The molecule has 1 atom stereocenters. The lowest BCUT2D eigenvalue weighted by Crippen LogP contribution is -2.31. The molecule has 3 N–H and O–H groups in total. The van der Waals surface area contributed by atoms with Crippen molar-refractivity contribution in [2.75, 3.05) is 10.6 Å². The van der Waals surface area contributed by atoms with Gasteiger partial charge in [-0.15, -0.1) is 0 Å². The number of hydrogen-bond acceptors (Lipinski definition) is 5. The highest BCUT2D eigenvalue weighted by molar-refractivity contribution is 6.32. The van der Waals surface area contributed by atoms with Gasteiger partial charge in [0, 0.05) is 24.4 Å². The molecule has 6 bridgehead atoms. The predicted octanol–water partition coefficient (Wildman–Crippen LogP) is 3.38. The second-order valence-electron chi connectivity index (χ2n) is 5.95. The van der Waals surface area contributed by atoms with Crippen molar-refractivity contribution in [3.05, 3.63) is 65.0 Å². The lowest BCUT2D eigenvalue weighted by molar-refractivity contribution is -0.123. The molecule has 2 aromatic rings. The number of halogens is 1. The molecule has 0 fully saturated rings. The molecule has 0 radical (unpaired) electrons. The van der Waals surface area contributed by atoms with E-state index in [-0.39, 0.29) is 11.8 Å². The van der Waals surface area contributed by atoms with Crippen LogP contribution in [-0.4, -0.2) is 15.9 Å². The third-order valence-electron chi connectivity index (χ3n) is 4.09. The maximum absolute atomic E-state index is 12.4. The van der Waals surface area contributed by atoms with E-state index in [1.54, 1.807) is 6.20 Å². The first-order chi connectivity index (χ1) is 12.2. The van der Waals surface area contributed by atoms with Gasteiger partial charge in [-0.3, -0.25) is 4.79 Å². The van der Waals surface area contributed by atoms with Gasteiger partial charge in [-0.05, 0) is 23.8 Å². The van der Waals surface area contributed by atoms with Crippen molar-refractivity contribution in [1.29, 1.82) is 0 Å². The van der Waals surface area contributed by atoms with Crippen LogP contribution in [-0.2, 0) is 11.3 Å². The molecular weight excluding hydrogens is 338 g/mol. The second-order valence-corrected chi connectivity index (χ2v) is 6.35. The van der Waals surface area contributed by atoms with Crippen LogP contribution in [0.4, 0.5) is 17.5 Å². The lowest BCUT2D eigenvalue weighted by atomic mass is 9.97. The number of fused-ring (bicyclic) bond motifs is 6. The van der Waals surface area contributed by atoms with Crippen LogP contribution in [0, 0.1) is 5.92 Å².